The van der Waals surface area contributed by atoms with E-state index in [2.05, 4.69) is 4.72 Å². The zero-order valence-corrected chi connectivity index (χ0v) is 16.9. The Morgan fingerprint density at radius 3 is 2.48 bits per heavy atom. The van der Waals surface area contributed by atoms with Gasteiger partial charge < -0.3 is 9.64 Å². The van der Waals surface area contributed by atoms with Gasteiger partial charge in [-0.25, -0.2) is 13.2 Å². The van der Waals surface area contributed by atoms with Crippen LogP contribution in [0.2, 0.25) is 0 Å². The fraction of sp³-hybridized carbons (Fsp3) is 0.333. The van der Waals surface area contributed by atoms with Gasteiger partial charge in [-0.2, -0.15) is 0 Å². The lowest BCUT2D eigenvalue weighted by Crippen LogP contribution is -2.39. The number of aryl methyl sites for hydroxylation is 2. The Labute approximate surface area is 169 Å². The number of rotatable bonds is 5. The number of esters is 1. The highest BCUT2D eigenvalue weighted by Crippen LogP contribution is 2.37. The Hall–Kier alpha value is -2.87. The van der Waals surface area contributed by atoms with Crippen LogP contribution < -0.4 is 9.62 Å². The number of carbonyl (C=O) groups is 2. The topological polar surface area (TPSA) is 92.8 Å². The second-order valence-corrected chi connectivity index (χ2v) is 8.82. The molecule has 0 radical (unpaired) electrons. The maximum atomic E-state index is 13.0. The van der Waals surface area contributed by atoms with E-state index in [1.165, 1.54) is 24.3 Å². The van der Waals surface area contributed by atoms with Crippen LogP contribution >= 0.6 is 0 Å². The molecule has 8 heteroatoms. The summed E-state index contributed by atoms with van der Waals surface area (Å²) in [5.74, 6) is -0.344. The second-order valence-electron chi connectivity index (χ2n) is 7.14. The van der Waals surface area contributed by atoms with Crippen molar-refractivity contribution in [1.29, 1.82) is 0 Å². The van der Waals surface area contributed by atoms with Crippen molar-refractivity contribution >= 4 is 33.3 Å². The third-order valence-electron chi connectivity index (χ3n) is 5.21. The highest BCUT2D eigenvalue weighted by molar-refractivity contribution is 7.92. The molecule has 0 aliphatic carbocycles. The lowest BCUT2D eigenvalue weighted by Gasteiger charge is -2.35. The van der Waals surface area contributed by atoms with Gasteiger partial charge in [-0.1, -0.05) is 0 Å². The van der Waals surface area contributed by atoms with Crippen molar-refractivity contribution in [2.45, 2.75) is 37.5 Å². The van der Waals surface area contributed by atoms with Crippen LogP contribution in [-0.4, -0.2) is 33.4 Å². The molecule has 29 heavy (non-hydrogen) atoms. The Morgan fingerprint density at radius 2 is 1.79 bits per heavy atom. The predicted molar refractivity (Wildman–Crippen MR) is 109 cm³/mol. The van der Waals surface area contributed by atoms with Crippen LogP contribution in [0.25, 0.3) is 0 Å². The third kappa shape index (κ3) is 3.72. The molecule has 0 bridgehead atoms. The molecular weight excluding hydrogens is 392 g/mol. The van der Waals surface area contributed by atoms with Gasteiger partial charge in [-0.15, -0.1) is 0 Å². The quantitative estimate of drug-likeness (QED) is 0.760. The van der Waals surface area contributed by atoms with Gasteiger partial charge in [-0.3, -0.25) is 9.52 Å². The number of nitrogens with zero attached hydrogens (tertiary/aromatic N) is 1. The maximum Gasteiger partial charge on any atom is 0.338 e. The average molecular weight is 414 g/mol. The van der Waals surface area contributed by atoms with Crippen molar-refractivity contribution in [2.75, 3.05) is 22.8 Å². The molecule has 0 atom stereocenters. The molecule has 1 amide bonds. The number of carbonyl (C=O) groups excluding carboxylic acids is 2. The molecule has 0 spiro atoms. The first-order valence-corrected chi connectivity index (χ1v) is 11.1. The molecule has 2 aliphatic heterocycles. The van der Waals surface area contributed by atoms with Gasteiger partial charge in [0.05, 0.1) is 22.8 Å². The van der Waals surface area contributed by atoms with Crippen molar-refractivity contribution in [2.24, 2.45) is 0 Å². The molecule has 0 saturated carbocycles. The fourth-order valence-corrected chi connectivity index (χ4v) is 5.04. The largest absolute Gasteiger partial charge is 0.462 e. The first kappa shape index (κ1) is 19.4. The summed E-state index contributed by atoms with van der Waals surface area (Å²) in [6, 6.07) is 9.45. The predicted octanol–water partition coefficient (Wildman–Crippen LogP) is 2.89. The van der Waals surface area contributed by atoms with Crippen molar-refractivity contribution in [3.05, 3.63) is 53.1 Å². The molecule has 2 aromatic rings. The number of hydrogen-bond acceptors (Lipinski definition) is 5. The van der Waals surface area contributed by atoms with E-state index in [4.69, 9.17) is 4.74 Å². The number of anilines is 2. The Bertz CT molecular complexity index is 1060. The maximum absolute atomic E-state index is 13.0. The van der Waals surface area contributed by atoms with Crippen LogP contribution in [0.3, 0.4) is 0 Å². The van der Waals surface area contributed by atoms with Crippen LogP contribution in [0.15, 0.2) is 41.3 Å². The van der Waals surface area contributed by atoms with E-state index in [1.807, 2.05) is 0 Å². The molecular formula is C21H22N2O5S. The normalized spacial score (nSPS) is 15.6. The summed E-state index contributed by atoms with van der Waals surface area (Å²) in [4.78, 5) is 25.9. The lowest BCUT2D eigenvalue weighted by atomic mass is 9.92. The summed E-state index contributed by atoms with van der Waals surface area (Å²) < 4.78 is 33.4. The molecule has 0 aromatic heterocycles. The molecule has 2 aromatic carbocycles. The van der Waals surface area contributed by atoms with Crippen molar-refractivity contribution in [1.82, 2.24) is 0 Å². The second kappa shape index (κ2) is 7.51. The average Bonchev–Trinajstić information content (AvgIpc) is 2.71. The van der Waals surface area contributed by atoms with Gasteiger partial charge in [0.25, 0.3) is 10.0 Å². The van der Waals surface area contributed by atoms with E-state index >= 15 is 0 Å². The van der Waals surface area contributed by atoms with Crippen LogP contribution in [0.5, 0.6) is 0 Å². The molecule has 2 aliphatic rings. The summed E-state index contributed by atoms with van der Waals surface area (Å²) >= 11 is 0. The van der Waals surface area contributed by atoms with Gasteiger partial charge in [0.1, 0.15) is 0 Å². The number of sulfonamides is 1. The number of amides is 1. The van der Waals surface area contributed by atoms with Crippen LogP contribution in [0.1, 0.15) is 41.3 Å². The summed E-state index contributed by atoms with van der Waals surface area (Å²) in [5.41, 5.74) is 3.42. The Balaban J connectivity index is 1.61. The first-order chi connectivity index (χ1) is 13.9. The van der Waals surface area contributed by atoms with Crippen LogP contribution in [0, 0.1) is 0 Å². The SMILES string of the molecule is CCOC(=O)c1ccc(NS(=O)(=O)c2cc3c4c(c2)CCC(=O)N4CCC3)cc1. The molecule has 152 valence electrons. The zero-order chi connectivity index (χ0) is 20.6. The minimum Gasteiger partial charge on any atom is -0.462 e. The highest BCUT2D eigenvalue weighted by atomic mass is 32.2. The minimum absolute atomic E-state index is 0.105. The van der Waals surface area contributed by atoms with E-state index in [0.717, 1.165) is 29.7 Å². The summed E-state index contributed by atoms with van der Waals surface area (Å²) in [6.07, 6.45) is 2.53. The Morgan fingerprint density at radius 1 is 1.10 bits per heavy atom. The van der Waals surface area contributed by atoms with Gasteiger partial charge in [-0.05, 0) is 73.7 Å². The van der Waals surface area contributed by atoms with E-state index in [1.54, 1.807) is 24.0 Å². The van der Waals surface area contributed by atoms with Crippen LogP contribution in [-0.2, 0) is 32.4 Å². The van der Waals surface area contributed by atoms with Crippen molar-refractivity contribution in [3.63, 3.8) is 0 Å². The van der Waals surface area contributed by atoms with Gasteiger partial charge in [0.2, 0.25) is 5.91 Å². The molecule has 0 fully saturated rings. The number of ether oxygens (including phenoxy) is 1. The van der Waals surface area contributed by atoms with Crippen molar-refractivity contribution in [3.8, 4) is 0 Å². The number of benzene rings is 2. The molecule has 2 heterocycles. The zero-order valence-electron chi connectivity index (χ0n) is 16.1. The summed E-state index contributed by atoms with van der Waals surface area (Å²) in [6.45, 7) is 2.69. The molecule has 0 saturated heterocycles. The third-order valence-corrected chi connectivity index (χ3v) is 6.57. The molecule has 0 unspecified atom stereocenters. The van der Waals surface area contributed by atoms with Crippen molar-refractivity contribution < 1.29 is 22.7 Å². The van der Waals surface area contributed by atoms with E-state index in [0.29, 0.717) is 30.6 Å². The number of hydrogen-bond donors (Lipinski definition) is 1. The molecule has 1 N–H and O–H groups in total. The summed E-state index contributed by atoms with van der Waals surface area (Å²) in [7, 11) is -3.80. The van der Waals surface area contributed by atoms with E-state index in [-0.39, 0.29) is 17.4 Å². The Kier molecular flexibility index (Phi) is 5.04. The van der Waals surface area contributed by atoms with E-state index < -0.39 is 16.0 Å². The monoisotopic (exact) mass is 414 g/mol. The summed E-state index contributed by atoms with van der Waals surface area (Å²) in [5, 5.41) is 0. The first-order valence-electron chi connectivity index (χ1n) is 9.65. The van der Waals surface area contributed by atoms with Gasteiger partial charge >= 0.3 is 5.97 Å². The lowest BCUT2D eigenvalue weighted by molar-refractivity contribution is -0.119. The number of nitrogens with one attached hydrogen (secondary N) is 1. The van der Waals surface area contributed by atoms with E-state index in [9.17, 15) is 18.0 Å². The standard InChI is InChI=1S/C21H22N2O5S/c1-2-28-21(25)14-5-8-17(9-6-14)22-29(26,27)18-12-15-4-3-11-23-19(24)10-7-16(13-18)20(15)23/h5-6,8-9,12-13,22H,2-4,7,10-11H2,1H3. The molecule has 7 nitrogen and oxygen atoms in total. The smallest absolute Gasteiger partial charge is 0.338 e. The molecule has 4 rings (SSSR count). The van der Waals surface area contributed by atoms with Gasteiger partial charge in [0, 0.05) is 18.7 Å². The fourth-order valence-electron chi connectivity index (χ4n) is 3.88. The van der Waals surface area contributed by atoms with Gasteiger partial charge in [0.15, 0.2) is 0 Å². The van der Waals surface area contributed by atoms with Crippen LogP contribution in [0.4, 0.5) is 11.4 Å². The minimum atomic E-state index is -3.80. The highest BCUT2D eigenvalue weighted by Gasteiger charge is 2.31.